The molecule has 3 heterocycles. The van der Waals surface area contributed by atoms with Gasteiger partial charge in [0.05, 0.1) is 5.56 Å². The maximum Gasteiger partial charge on any atom is 0.167 e. The second-order valence-corrected chi connectivity index (χ2v) is 10.8. The SMILES string of the molecule is c1ccc(-c2ccc3c(c2)oc2ccc(-c4nc(-c5ccccc5)nc(-c5cccc6c5oc5ccccc56)n4)cc23)cc1. The zero-order valence-electron chi connectivity index (χ0n) is 23.4. The summed E-state index contributed by atoms with van der Waals surface area (Å²) in [6.07, 6.45) is 0. The van der Waals surface area contributed by atoms with Crippen molar-refractivity contribution >= 4 is 43.9 Å². The molecule has 0 saturated heterocycles. The minimum absolute atomic E-state index is 0.558. The smallest absolute Gasteiger partial charge is 0.167 e. The van der Waals surface area contributed by atoms with Gasteiger partial charge in [0.2, 0.25) is 0 Å². The van der Waals surface area contributed by atoms with Gasteiger partial charge in [-0.3, -0.25) is 0 Å². The van der Waals surface area contributed by atoms with Gasteiger partial charge in [-0.05, 0) is 53.6 Å². The number of fused-ring (bicyclic) bond motifs is 6. The number of furan rings is 2. The lowest BCUT2D eigenvalue weighted by Crippen LogP contribution is -2.00. The van der Waals surface area contributed by atoms with E-state index in [1.165, 1.54) is 0 Å². The zero-order valence-corrected chi connectivity index (χ0v) is 23.4. The lowest BCUT2D eigenvalue weighted by Gasteiger charge is -2.09. The van der Waals surface area contributed by atoms with E-state index < -0.39 is 0 Å². The van der Waals surface area contributed by atoms with E-state index in [9.17, 15) is 0 Å². The summed E-state index contributed by atoms with van der Waals surface area (Å²) in [7, 11) is 0. The van der Waals surface area contributed by atoms with Crippen LogP contribution in [-0.4, -0.2) is 15.0 Å². The maximum absolute atomic E-state index is 6.35. The molecule has 0 N–H and O–H groups in total. The second-order valence-electron chi connectivity index (χ2n) is 10.8. The van der Waals surface area contributed by atoms with Crippen LogP contribution in [0.2, 0.25) is 0 Å². The van der Waals surface area contributed by atoms with Crippen molar-refractivity contribution in [1.29, 1.82) is 0 Å². The van der Waals surface area contributed by atoms with Crippen molar-refractivity contribution in [1.82, 2.24) is 15.0 Å². The van der Waals surface area contributed by atoms with Crippen molar-refractivity contribution in [2.24, 2.45) is 0 Å². The quantitative estimate of drug-likeness (QED) is 0.212. The van der Waals surface area contributed by atoms with Gasteiger partial charge in [-0.25, -0.2) is 15.0 Å². The molecule has 206 valence electrons. The van der Waals surface area contributed by atoms with Crippen LogP contribution in [0.4, 0.5) is 0 Å². The molecule has 3 aromatic heterocycles. The number of rotatable bonds is 4. The summed E-state index contributed by atoms with van der Waals surface area (Å²) in [4.78, 5) is 15.0. The van der Waals surface area contributed by atoms with E-state index in [2.05, 4.69) is 48.5 Å². The molecule has 0 spiro atoms. The van der Waals surface area contributed by atoms with Crippen LogP contribution in [0.25, 0.3) is 89.2 Å². The number of aromatic nitrogens is 3. The Kier molecular flexibility index (Phi) is 5.43. The molecule has 0 aliphatic rings. The lowest BCUT2D eigenvalue weighted by atomic mass is 10.0. The molecule has 6 aromatic carbocycles. The van der Waals surface area contributed by atoms with Crippen LogP contribution in [0.15, 0.2) is 148 Å². The van der Waals surface area contributed by atoms with Gasteiger partial charge in [0.15, 0.2) is 17.5 Å². The van der Waals surface area contributed by atoms with Crippen LogP contribution < -0.4 is 0 Å². The Balaban J connectivity index is 1.23. The standard InChI is InChI=1S/C39H23N3O2/c1-3-10-24(11-4-1)26-18-20-29-32-22-27(19-21-34(32)43-35(29)23-26)38-40-37(25-12-5-2-6-13-25)41-39(42-38)31-16-9-15-30-28-14-7-8-17-33(28)44-36(30)31/h1-23H. The third-order valence-electron chi connectivity index (χ3n) is 8.15. The molecule has 0 radical (unpaired) electrons. The Bertz CT molecular complexity index is 2500. The Morgan fingerprint density at radius 1 is 0.341 bits per heavy atom. The largest absolute Gasteiger partial charge is 0.456 e. The first kappa shape index (κ1) is 24.5. The zero-order chi connectivity index (χ0) is 29.0. The minimum Gasteiger partial charge on any atom is -0.456 e. The summed E-state index contributed by atoms with van der Waals surface area (Å²) in [5, 5.41) is 4.16. The summed E-state index contributed by atoms with van der Waals surface area (Å²) < 4.78 is 12.7. The summed E-state index contributed by atoms with van der Waals surface area (Å²) >= 11 is 0. The normalized spacial score (nSPS) is 11.6. The highest BCUT2D eigenvalue weighted by Gasteiger charge is 2.18. The molecule has 0 saturated carbocycles. The summed E-state index contributed by atoms with van der Waals surface area (Å²) in [5.74, 6) is 1.74. The fourth-order valence-corrected chi connectivity index (χ4v) is 5.99. The molecule has 0 fully saturated rings. The molecular weight excluding hydrogens is 542 g/mol. The summed E-state index contributed by atoms with van der Waals surface area (Å²) in [6.45, 7) is 0. The van der Waals surface area contributed by atoms with E-state index in [4.69, 9.17) is 23.8 Å². The summed E-state index contributed by atoms with van der Waals surface area (Å²) in [6, 6.07) is 47.0. The second kappa shape index (κ2) is 9.75. The van der Waals surface area contributed by atoms with Crippen LogP contribution in [0.1, 0.15) is 0 Å². The molecule has 0 atom stereocenters. The Morgan fingerprint density at radius 2 is 0.977 bits per heavy atom. The molecule has 9 aromatic rings. The van der Waals surface area contributed by atoms with Crippen molar-refractivity contribution in [3.8, 4) is 45.3 Å². The van der Waals surface area contributed by atoms with E-state index >= 15 is 0 Å². The molecule has 0 unspecified atom stereocenters. The van der Waals surface area contributed by atoms with Gasteiger partial charge in [-0.2, -0.15) is 0 Å². The van der Waals surface area contributed by atoms with E-state index in [0.717, 1.165) is 71.7 Å². The van der Waals surface area contributed by atoms with Gasteiger partial charge in [-0.1, -0.05) is 97.1 Å². The Hall–Kier alpha value is -6.07. The van der Waals surface area contributed by atoms with Crippen LogP contribution in [0, 0.1) is 0 Å². The van der Waals surface area contributed by atoms with Crippen molar-refractivity contribution < 1.29 is 8.83 Å². The minimum atomic E-state index is 0.558. The highest BCUT2D eigenvalue weighted by molar-refractivity contribution is 6.09. The van der Waals surface area contributed by atoms with Gasteiger partial charge in [0, 0.05) is 32.7 Å². The first-order valence-corrected chi connectivity index (χ1v) is 14.5. The maximum atomic E-state index is 6.35. The fraction of sp³-hybridized carbons (Fsp3) is 0. The highest BCUT2D eigenvalue weighted by atomic mass is 16.3. The van der Waals surface area contributed by atoms with Gasteiger partial charge in [-0.15, -0.1) is 0 Å². The van der Waals surface area contributed by atoms with Crippen molar-refractivity contribution in [2.45, 2.75) is 0 Å². The average molecular weight is 566 g/mol. The monoisotopic (exact) mass is 565 g/mol. The molecule has 0 amide bonds. The molecule has 5 heteroatoms. The third kappa shape index (κ3) is 3.98. The topological polar surface area (TPSA) is 65.0 Å². The van der Waals surface area contributed by atoms with Gasteiger partial charge >= 0.3 is 0 Å². The van der Waals surface area contributed by atoms with Gasteiger partial charge in [0.1, 0.15) is 22.3 Å². The first-order chi connectivity index (χ1) is 21.8. The van der Waals surface area contributed by atoms with Crippen LogP contribution in [0.3, 0.4) is 0 Å². The predicted molar refractivity (Wildman–Crippen MR) is 176 cm³/mol. The van der Waals surface area contributed by atoms with Crippen LogP contribution in [-0.2, 0) is 0 Å². The number of hydrogen-bond donors (Lipinski definition) is 0. The number of nitrogens with zero attached hydrogens (tertiary/aromatic N) is 3. The lowest BCUT2D eigenvalue weighted by molar-refractivity contribution is 0.669. The Morgan fingerprint density at radius 3 is 1.82 bits per heavy atom. The number of hydrogen-bond acceptors (Lipinski definition) is 5. The number of para-hydroxylation sites is 2. The molecule has 9 rings (SSSR count). The summed E-state index contributed by atoms with van der Waals surface area (Å²) in [5.41, 5.74) is 8.14. The Labute approximate surface area is 252 Å². The fourth-order valence-electron chi connectivity index (χ4n) is 5.99. The molecular formula is C39H23N3O2. The van der Waals surface area contributed by atoms with E-state index in [1.807, 2.05) is 91.0 Å². The molecule has 0 bridgehead atoms. The van der Waals surface area contributed by atoms with E-state index in [-0.39, 0.29) is 0 Å². The van der Waals surface area contributed by atoms with Crippen molar-refractivity contribution in [3.05, 3.63) is 140 Å². The highest BCUT2D eigenvalue weighted by Crippen LogP contribution is 2.37. The molecule has 0 aliphatic carbocycles. The predicted octanol–water partition coefficient (Wildman–Crippen LogP) is 10.3. The van der Waals surface area contributed by atoms with Crippen molar-refractivity contribution in [3.63, 3.8) is 0 Å². The molecule has 5 nitrogen and oxygen atoms in total. The number of benzene rings is 6. The average Bonchev–Trinajstić information content (AvgIpc) is 3.66. The van der Waals surface area contributed by atoms with E-state index in [1.54, 1.807) is 0 Å². The van der Waals surface area contributed by atoms with Gasteiger partial charge in [0.25, 0.3) is 0 Å². The molecule has 0 aliphatic heterocycles. The van der Waals surface area contributed by atoms with Crippen LogP contribution in [0.5, 0.6) is 0 Å². The van der Waals surface area contributed by atoms with Crippen molar-refractivity contribution in [2.75, 3.05) is 0 Å². The first-order valence-electron chi connectivity index (χ1n) is 14.5. The molecule has 44 heavy (non-hydrogen) atoms. The van der Waals surface area contributed by atoms with Crippen LogP contribution >= 0.6 is 0 Å². The third-order valence-corrected chi connectivity index (χ3v) is 8.15. The van der Waals surface area contributed by atoms with E-state index in [0.29, 0.717) is 17.5 Å². The van der Waals surface area contributed by atoms with Gasteiger partial charge < -0.3 is 8.83 Å².